The van der Waals surface area contributed by atoms with Crippen LogP contribution >= 0.6 is 0 Å². The third kappa shape index (κ3) is 5.18. The smallest absolute Gasteiger partial charge is 0.337 e. The summed E-state index contributed by atoms with van der Waals surface area (Å²) in [6.07, 6.45) is 0.702. The molecule has 0 aliphatic rings. The summed E-state index contributed by atoms with van der Waals surface area (Å²) < 4.78 is 20.2. The number of carbonyl (C=O) groups excluding carboxylic acids is 3. The molecule has 3 aromatic rings. The van der Waals surface area contributed by atoms with E-state index in [4.69, 9.17) is 4.74 Å². The number of rotatable bonds is 7. The number of amides is 2. The molecule has 166 valence electrons. The van der Waals surface area contributed by atoms with Gasteiger partial charge < -0.3 is 15.4 Å². The Hall–Kier alpha value is -4.01. The molecule has 3 rings (SSSR count). The number of esters is 1. The van der Waals surface area contributed by atoms with Crippen LogP contribution in [0.1, 0.15) is 49.4 Å². The number of nitrogens with one attached hydrogen (secondary N) is 2. The number of hydrogen-bond acceptors (Lipinski definition) is 5. The fraction of sp³-hybridized carbons (Fsp3) is 0.217. The highest BCUT2D eigenvalue weighted by molar-refractivity contribution is 6.05. The van der Waals surface area contributed by atoms with Crippen LogP contribution in [0.4, 0.5) is 10.1 Å². The standard InChI is InChI=1S/C23H23FN4O4/c1-4-16-12-20(28(2)27-16)22(30)25-13-14-9-15(23(31)32-3)11-17(10-14)26-21(29)18-7-5-6-8-19(18)24/h5-12H,4,13H2,1-3H3,(H,25,30)(H,26,29). The highest BCUT2D eigenvalue weighted by Gasteiger charge is 2.16. The minimum absolute atomic E-state index is 0.0822. The predicted molar refractivity (Wildman–Crippen MR) is 116 cm³/mol. The van der Waals surface area contributed by atoms with Gasteiger partial charge >= 0.3 is 5.97 Å². The first-order chi connectivity index (χ1) is 15.3. The van der Waals surface area contributed by atoms with Crippen LogP contribution in [0.3, 0.4) is 0 Å². The number of nitrogens with zero attached hydrogens (tertiary/aromatic N) is 2. The third-order valence-corrected chi connectivity index (χ3v) is 4.77. The molecular formula is C23H23FN4O4. The van der Waals surface area contributed by atoms with Crippen molar-refractivity contribution in [1.29, 1.82) is 0 Å². The van der Waals surface area contributed by atoms with Gasteiger partial charge in [-0.15, -0.1) is 0 Å². The molecule has 0 aliphatic heterocycles. The molecule has 0 spiro atoms. The van der Waals surface area contributed by atoms with Crippen molar-refractivity contribution in [3.8, 4) is 0 Å². The third-order valence-electron chi connectivity index (χ3n) is 4.77. The lowest BCUT2D eigenvalue weighted by Crippen LogP contribution is -2.25. The molecule has 9 heteroatoms. The summed E-state index contributed by atoms with van der Waals surface area (Å²) in [4.78, 5) is 37.1. The van der Waals surface area contributed by atoms with Crippen LogP contribution < -0.4 is 10.6 Å². The van der Waals surface area contributed by atoms with E-state index in [0.717, 1.165) is 5.69 Å². The zero-order valence-electron chi connectivity index (χ0n) is 17.9. The van der Waals surface area contributed by atoms with Crippen molar-refractivity contribution in [3.63, 3.8) is 0 Å². The molecule has 0 atom stereocenters. The first-order valence-electron chi connectivity index (χ1n) is 9.91. The molecule has 0 radical (unpaired) electrons. The Balaban J connectivity index is 1.81. The Labute approximate surface area is 184 Å². The van der Waals surface area contributed by atoms with Gasteiger partial charge in [0.2, 0.25) is 0 Å². The van der Waals surface area contributed by atoms with Gasteiger partial charge in [0.05, 0.1) is 23.9 Å². The number of anilines is 1. The van der Waals surface area contributed by atoms with E-state index in [9.17, 15) is 18.8 Å². The second-order valence-corrected chi connectivity index (χ2v) is 7.02. The van der Waals surface area contributed by atoms with Crippen molar-refractivity contribution in [2.45, 2.75) is 19.9 Å². The van der Waals surface area contributed by atoms with E-state index in [1.165, 1.54) is 36.1 Å². The van der Waals surface area contributed by atoms with Crippen LogP contribution in [-0.2, 0) is 24.8 Å². The van der Waals surface area contributed by atoms with Crippen molar-refractivity contribution < 1.29 is 23.5 Å². The normalized spacial score (nSPS) is 10.5. The SMILES string of the molecule is CCc1cc(C(=O)NCc2cc(NC(=O)c3ccccc3F)cc(C(=O)OC)c2)n(C)n1. The number of hydrogen-bond donors (Lipinski definition) is 2. The predicted octanol–water partition coefficient (Wildman–Crippen LogP) is 3.09. The topological polar surface area (TPSA) is 102 Å². The fourth-order valence-electron chi connectivity index (χ4n) is 3.13. The molecule has 32 heavy (non-hydrogen) atoms. The molecule has 2 amide bonds. The average molecular weight is 438 g/mol. The van der Waals surface area contributed by atoms with Crippen molar-refractivity contribution in [3.05, 3.63) is 82.4 Å². The van der Waals surface area contributed by atoms with Crippen molar-refractivity contribution in [1.82, 2.24) is 15.1 Å². The van der Waals surface area contributed by atoms with Gasteiger partial charge in [-0.3, -0.25) is 14.3 Å². The Morgan fingerprint density at radius 3 is 2.50 bits per heavy atom. The number of halogens is 1. The largest absolute Gasteiger partial charge is 0.465 e. The lowest BCUT2D eigenvalue weighted by molar-refractivity contribution is 0.0600. The van der Waals surface area contributed by atoms with Crippen LogP contribution in [0, 0.1) is 5.82 Å². The fourth-order valence-corrected chi connectivity index (χ4v) is 3.13. The second kappa shape index (κ2) is 9.86. The van der Waals surface area contributed by atoms with Crippen molar-refractivity contribution in [2.75, 3.05) is 12.4 Å². The van der Waals surface area contributed by atoms with Crippen molar-refractivity contribution in [2.24, 2.45) is 7.05 Å². The maximum Gasteiger partial charge on any atom is 0.337 e. The van der Waals surface area contributed by atoms with E-state index in [2.05, 4.69) is 15.7 Å². The molecule has 2 N–H and O–H groups in total. The van der Waals surface area contributed by atoms with Gasteiger partial charge in [-0.05, 0) is 48.4 Å². The summed E-state index contributed by atoms with van der Waals surface area (Å²) in [6, 6.07) is 11.8. The highest BCUT2D eigenvalue weighted by atomic mass is 19.1. The molecule has 0 fully saturated rings. The van der Waals surface area contributed by atoms with Crippen LogP contribution in [0.5, 0.6) is 0 Å². The van der Waals surface area contributed by atoms with E-state index >= 15 is 0 Å². The quantitative estimate of drug-likeness (QED) is 0.552. The van der Waals surface area contributed by atoms with E-state index < -0.39 is 17.7 Å². The first-order valence-corrected chi connectivity index (χ1v) is 9.91. The van der Waals surface area contributed by atoms with Gasteiger partial charge in [-0.1, -0.05) is 19.1 Å². The number of ether oxygens (including phenoxy) is 1. The van der Waals surface area contributed by atoms with Gasteiger partial charge in [0, 0.05) is 19.3 Å². The van der Waals surface area contributed by atoms with Gasteiger partial charge in [-0.2, -0.15) is 5.10 Å². The molecule has 0 aliphatic carbocycles. The van der Waals surface area contributed by atoms with Gasteiger partial charge in [0.15, 0.2) is 0 Å². The summed E-state index contributed by atoms with van der Waals surface area (Å²) in [5.74, 6) is -2.27. The van der Waals surface area contributed by atoms with E-state index in [1.807, 2.05) is 6.92 Å². The molecule has 1 aromatic heterocycles. The van der Waals surface area contributed by atoms with Crippen LogP contribution in [0.25, 0.3) is 0 Å². The summed E-state index contributed by atoms with van der Waals surface area (Å²) >= 11 is 0. The van der Waals surface area contributed by atoms with Gasteiger partial charge in [-0.25, -0.2) is 9.18 Å². The number of benzene rings is 2. The lowest BCUT2D eigenvalue weighted by atomic mass is 10.1. The zero-order chi connectivity index (χ0) is 23.3. The number of carbonyl (C=O) groups is 3. The Morgan fingerprint density at radius 2 is 1.84 bits per heavy atom. The lowest BCUT2D eigenvalue weighted by Gasteiger charge is -2.12. The van der Waals surface area contributed by atoms with Gasteiger partial charge in [0.1, 0.15) is 11.5 Å². The van der Waals surface area contributed by atoms with Crippen LogP contribution in [0.15, 0.2) is 48.5 Å². The zero-order valence-corrected chi connectivity index (χ0v) is 17.9. The Kier molecular flexibility index (Phi) is 6.99. The molecule has 0 unspecified atom stereocenters. The van der Waals surface area contributed by atoms with E-state index in [0.29, 0.717) is 17.7 Å². The molecule has 1 heterocycles. The molecule has 8 nitrogen and oxygen atoms in total. The molecule has 0 bridgehead atoms. The summed E-state index contributed by atoms with van der Waals surface area (Å²) in [5, 5.41) is 9.61. The van der Waals surface area contributed by atoms with Gasteiger partial charge in [0.25, 0.3) is 11.8 Å². The maximum absolute atomic E-state index is 13.9. The Bertz CT molecular complexity index is 1170. The molecule has 2 aromatic carbocycles. The van der Waals surface area contributed by atoms with E-state index in [-0.39, 0.29) is 29.3 Å². The average Bonchev–Trinajstić information content (AvgIpc) is 3.17. The second-order valence-electron chi connectivity index (χ2n) is 7.02. The summed E-state index contributed by atoms with van der Waals surface area (Å²) in [5.41, 5.74) is 2.05. The van der Waals surface area contributed by atoms with Crippen LogP contribution in [0.2, 0.25) is 0 Å². The van der Waals surface area contributed by atoms with Crippen LogP contribution in [-0.4, -0.2) is 34.7 Å². The molecule has 0 saturated heterocycles. The monoisotopic (exact) mass is 438 g/mol. The summed E-state index contributed by atoms with van der Waals surface area (Å²) in [6.45, 7) is 2.03. The Morgan fingerprint density at radius 1 is 1.09 bits per heavy atom. The summed E-state index contributed by atoms with van der Waals surface area (Å²) in [7, 11) is 2.92. The number of aromatic nitrogens is 2. The maximum atomic E-state index is 13.9. The minimum atomic E-state index is -0.665. The molecule has 0 saturated carbocycles. The van der Waals surface area contributed by atoms with E-state index in [1.54, 1.807) is 31.3 Å². The van der Waals surface area contributed by atoms with Crippen molar-refractivity contribution >= 4 is 23.5 Å². The minimum Gasteiger partial charge on any atom is -0.465 e. The first kappa shape index (κ1) is 22.7. The number of aryl methyl sites for hydroxylation is 2. The highest BCUT2D eigenvalue weighted by Crippen LogP contribution is 2.18. The number of methoxy groups -OCH3 is 1. The molecular weight excluding hydrogens is 415 g/mol.